The fraction of sp³-hybridized carbons (Fsp3) is 0.435. The molecule has 2 aromatic rings. The van der Waals surface area contributed by atoms with E-state index in [0.29, 0.717) is 36.2 Å². The third-order valence-corrected chi connectivity index (χ3v) is 5.88. The number of aliphatic carboxylic acids is 1. The number of alkyl halides is 3. The summed E-state index contributed by atoms with van der Waals surface area (Å²) in [6.07, 6.45) is -2.11. The number of anilines is 2. The molecule has 3 rings (SSSR count). The van der Waals surface area contributed by atoms with Gasteiger partial charge in [0.15, 0.2) is 5.69 Å². The summed E-state index contributed by atoms with van der Waals surface area (Å²) in [6, 6.07) is 5.32. The molecule has 0 aliphatic carbocycles. The number of ether oxygens (including phenoxy) is 1. The Morgan fingerprint density at radius 2 is 1.84 bits per heavy atom. The van der Waals surface area contributed by atoms with E-state index in [1.807, 2.05) is 24.0 Å². The predicted octanol–water partition coefficient (Wildman–Crippen LogP) is 4.24. The molecule has 2 amide bonds. The molecule has 202 valence electrons. The van der Waals surface area contributed by atoms with Crippen LogP contribution in [-0.4, -0.2) is 76.9 Å². The molecule has 2 heterocycles. The minimum atomic E-state index is -5.08. The van der Waals surface area contributed by atoms with Gasteiger partial charge in [-0.3, -0.25) is 0 Å². The second-order valence-corrected chi connectivity index (χ2v) is 8.81. The number of carbonyl (C=O) groups excluding carboxylic acids is 2. The number of halogens is 4. The Labute approximate surface area is 216 Å². The number of carbonyl (C=O) groups is 3. The number of carboxylic acids is 1. The normalized spacial score (nSPS) is 15.5. The fourth-order valence-electron chi connectivity index (χ4n) is 3.40. The van der Waals surface area contributed by atoms with Gasteiger partial charge in [-0.1, -0.05) is 31.5 Å². The standard InChI is InChI=1S/C21H26ClN5O3.C2HF3O2/c1-13(2)18-12-26(19-11-23-17(10-24-19)20(28)30-4)7-8-27(18)21(29)25-15-6-5-14(3)16(22)9-15;3-2(4,5)1(6)7/h5-6,9-11,13,18H,7-8,12H2,1-4H3,(H,25,29);(H,6,7). The van der Waals surface area contributed by atoms with Crippen LogP contribution in [0.1, 0.15) is 29.9 Å². The second kappa shape index (κ2) is 12.6. The lowest BCUT2D eigenvalue weighted by atomic mass is 10.00. The van der Waals surface area contributed by atoms with Crippen molar-refractivity contribution in [3.05, 3.63) is 46.9 Å². The summed E-state index contributed by atoms with van der Waals surface area (Å²) in [5.74, 6) is -2.37. The molecule has 1 fully saturated rings. The lowest BCUT2D eigenvalue weighted by molar-refractivity contribution is -0.192. The summed E-state index contributed by atoms with van der Waals surface area (Å²) in [5, 5.41) is 10.7. The Hall–Kier alpha value is -3.61. The number of nitrogens with zero attached hydrogens (tertiary/aromatic N) is 4. The molecule has 10 nitrogen and oxygen atoms in total. The maximum absolute atomic E-state index is 12.9. The highest BCUT2D eigenvalue weighted by atomic mass is 35.5. The monoisotopic (exact) mass is 545 g/mol. The molecular weight excluding hydrogens is 519 g/mol. The largest absolute Gasteiger partial charge is 0.490 e. The summed E-state index contributed by atoms with van der Waals surface area (Å²) in [4.78, 5) is 45.8. The number of aryl methyl sites for hydroxylation is 1. The maximum Gasteiger partial charge on any atom is 0.490 e. The van der Waals surface area contributed by atoms with Gasteiger partial charge in [0, 0.05) is 30.3 Å². The summed E-state index contributed by atoms with van der Waals surface area (Å²) in [5.41, 5.74) is 1.80. The van der Waals surface area contributed by atoms with Gasteiger partial charge < -0.3 is 25.0 Å². The molecule has 1 aliphatic rings. The number of benzene rings is 1. The van der Waals surface area contributed by atoms with Crippen molar-refractivity contribution in [2.24, 2.45) is 5.92 Å². The molecule has 0 saturated carbocycles. The van der Waals surface area contributed by atoms with Crippen molar-refractivity contribution in [1.29, 1.82) is 0 Å². The van der Waals surface area contributed by atoms with Gasteiger partial charge in [-0.2, -0.15) is 13.2 Å². The van der Waals surface area contributed by atoms with E-state index in [1.165, 1.54) is 13.3 Å². The highest BCUT2D eigenvalue weighted by molar-refractivity contribution is 6.31. The minimum Gasteiger partial charge on any atom is -0.475 e. The van der Waals surface area contributed by atoms with Gasteiger partial charge in [0.2, 0.25) is 0 Å². The van der Waals surface area contributed by atoms with Crippen molar-refractivity contribution >= 4 is 41.1 Å². The highest BCUT2D eigenvalue weighted by Crippen LogP contribution is 2.24. The molecule has 1 saturated heterocycles. The van der Waals surface area contributed by atoms with Gasteiger partial charge in [-0.15, -0.1) is 0 Å². The first-order valence-electron chi connectivity index (χ1n) is 11.0. The maximum atomic E-state index is 12.9. The van der Waals surface area contributed by atoms with Gasteiger partial charge >= 0.3 is 24.1 Å². The zero-order valence-corrected chi connectivity index (χ0v) is 21.3. The number of methoxy groups -OCH3 is 1. The van der Waals surface area contributed by atoms with Gasteiger partial charge in [-0.05, 0) is 30.5 Å². The van der Waals surface area contributed by atoms with Gasteiger partial charge in [0.1, 0.15) is 5.82 Å². The van der Waals surface area contributed by atoms with Crippen molar-refractivity contribution in [2.45, 2.75) is 33.0 Å². The molecule has 14 heteroatoms. The minimum absolute atomic E-state index is 0.0123. The van der Waals surface area contributed by atoms with Crippen LogP contribution in [0.25, 0.3) is 0 Å². The van der Waals surface area contributed by atoms with Gasteiger partial charge in [-0.25, -0.2) is 24.4 Å². The Bertz CT molecular complexity index is 1110. The molecule has 2 N–H and O–H groups in total. The molecule has 0 spiro atoms. The number of carboxylic acid groups (broad SMARTS) is 1. The van der Waals surface area contributed by atoms with E-state index >= 15 is 0 Å². The molecule has 0 bridgehead atoms. The summed E-state index contributed by atoms with van der Waals surface area (Å²) >= 11 is 6.18. The van der Waals surface area contributed by atoms with Crippen LogP contribution in [0.15, 0.2) is 30.6 Å². The second-order valence-electron chi connectivity index (χ2n) is 8.40. The quantitative estimate of drug-likeness (QED) is 0.547. The Balaban J connectivity index is 0.000000604. The average molecular weight is 546 g/mol. The number of piperazine rings is 1. The predicted molar refractivity (Wildman–Crippen MR) is 130 cm³/mol. The van der Waals surface area contributed by atoms with Gasteiger partial charge in [0.05, 0.1) is 25.5 Å². The van der Waals surface area contributed by atoms with Crippen LogP contribution in [0.4, 0.5) is 29.5 Å². The number of nitrogens with one attached hydrogen (secondary N) is 1. The van der Waals surface area contributed by atoms with Crippen molar-refractivity contribution in [2.75, 3.05) is 37.0 Å². The molecular formula is C23H27ClF3N5O5. The highest BCUT2D eigenvalue weighted by Gasteiger charge is 2.38. The lowest BCUT2D eigenvalue weighted by Crippen LogP contribution is -2.58. The number of aromatic nitrogens is 2. The SMILES string of the molecule is COC(=O)c1cnc(N2CCN(C(=O)Nc3ccc(C)c(Cl)c3)C(C(C)C)C2)cn1.O=C(O)C(F)(F)F. The number of hydrogen-bond donors (Lipinski definition) is 2. The number of urea groups is 1. The third kappa shape index (κ3) is 8.20. The van der Waals surface area contributed by atoms with Crippen LogP contribution in [0.5, 0.6) is 0 Å². The number of amides is 2. The van der Waals surface area contributed by atoms with Crippen LogP contribution in [0.2, 0.25) is 5.02 Å². The third-order valence-electron chi connectivity index (χ3n) is 5.47. The Kier molecular flexibility index (Phi) is 10.1. The molecule has 1 atom stereocenters. The van der Waals surface area contributed by atoms with Crippen molar-refractivity contribution in [3.8, 4) is 0 Å². The molecule has 1 aromatic heterocycles. The first kappa shape index (κ1) is 29.6. The zero-order chi connectivity index (χ0) is 27.9. The van der Waals surface area contributed by atoms with Crippen LogP contribution in [0.3, 0.4) is 0 Å². The molecule has 37 heavy (non-hydrogen) atoms. The smallest absolute Gasteiger partial charge is 0.475 e. The Morgan fingerprint density at radius 1 is 1.19 bits per heavy atom. The molecule has 1 aromatic carbocycles. The van der Waals surface area contributed by atoms with Crippen LogP contribution >= 0.6 is 11.6 Å². The van der Waals surface area contributed by atoms with E-state index in [9.17, 15) is 22.8 Å². The Morgan fingerprint density at radius 3 is 2.32 bits per heavy atom. The number of esters is 1. The number of rotatable bonds is 4. The zero-order valence-electron chi connectivity index (χ0n) is 20.5. The first-order chi connectivity index (χ1) is 17.2. The average Bonchev–Trinajstić information content (AvgIpc) is 2.85. The molecule has 1 aliphatic heterocycles. The van der Waals surface area contributed by atoms with Crippen LogP contribution in [-0.2, 0) is 9.53 Å². The van der Waals surface area contributed by atoms with E-state index in [1.54, 1.807) is 12.3 Å². The van der Waals surface area contributed by atoms with E-state index in [0.717, 1.165) is 5.56 Å². The lowest BCUT2D eigenvalue weighted by Gasteiger charge is -2.43. The first-order valence-corrected chi connectivity index (χ1v) is 11.4. The van der Waals surface area contributed by atoms with Crippen molar-refractivity contribution in [3.63, 3.8) is 0 Å². The topological polar surface area (TPSA) is 125 Å². The van der Waals surface area contributed by atoms with Crippen molar-refractivity contribution in [1.82, 2.24) is 14.9 Å². The number of hydrogen-bond acceptors (Lipinski definition) is 7. The van der Waals surface area contributed by atoms with E-state index in [-0.39, 0.29) is 23.7 Å². The van der Waals surface area contributed by atoms with Crippen LogP contribution in [0, 0.1) is 12.8 Å². The summed E-state index contributed by atoms with van der Waals surface area (Å²) in [7, 11) is 1.31. The molecule has 1 unspecified atom stereocenters. The van der Waals surface area contributed by atoms with Crippen LogP contribution < -0.4 is 10.2 Å². The van der Waals surface area contributed by atoms with E-state index in [2.05, 4.69) is 38.8 Å². The summed E-state index contributed by atoms with van der Waals surface area (Å²) < 4.78 is 36.4. The fourth-order valence-corrected chi connectivity index (χ4v) is 3.58. The van der Waals surface area contributed by atoms with Crippen molar-refractivity contribution < 1.29 is 37.4 Å². The summed E-state index contributed by atoms with van der Waals surface area (Å²) in [6.45, 7) is 7.85. The van der Waals surface area contributed by atoms with E-state index < -0.39 is 18.1 Å². The van der Waals surface area contributed by atoms with Gasteiger partial charge in [0.25, 0.3) is 0 Å². The van der Waals surface area contributed by atoms with E-state index in [4.69, 9.17) is 21.5 Å². The molecule has 0 radical (unpaired) electrons.